The van der Waals surface area contributed by atoms with Crippen molar-refractivity contribution in [2.24, 2.45) is 33.5 Å². The highest BCUT2D eigenvalue weighted by Crippen LogP contribution is 2.31. The summed E-state index contributed by atoms with van der Waals surface area (Å²) in [5.41, 5.74) is 0.670. The number of amides is 4. The predicted molar refractivity (Wildman–Crippen MR) is 282 cm³/mol. The molecule has 0 bridgehead atoms. The van der Waals surface area contributed by atoms with Gasteiger partial charge in [0, 0.05) is 25.2 Å². The Morgan fingerprint density at radius 1 is 0.514 bits per heavy atom. The molecule has 0 aliphatic carbocycles. The maximum absolute atomic E-state index is 13.7. The topological polar surface area (TPSA) is 197 Å². The molecule has 0 saturated carbocycles. The number of carbonyl (C=O) groups is 6. The average Bonchev–Trinajstić information content (AvgIpc) is 3.24. The molecule has 2 aromatic rings. The molecular formula is C56H90N6O8. The molecule has 0 aromatic heterocycles. The van der Waals surface area contributed by atoms with E-state index in [0.29, 0.717) is 12.8 Å². The highest BCUT2D eigenvalue weighted by Gasteiger charge is 2.43. The van der Waals surface area contributed by atoms with Crippen LogP contribution in [0.15, 0.2) is 84.0 Å². The van der Waals surface area contributed by atoms with Gasteiger partial charge in [0.1, 0.15) is 12.1 Å². The molecule has 0 unspecified atom stereocenters. The molecule has 0 radical (unpaired) electrons. The average molecular weight is 975 g/mol. The highest BCUT2D eigenvalue weighted by atomic mass is 16.4. The number of hydrogen-bond acceptors (Lipinski definition) is 8. The van der Waals surface area contributed by atoms with Crippen molar-refractivity contribution < 1.29 is 39.0 Å². The van der Waals surface area contributed by atoms with Crippen LogP contribution in [-0.2, 0) is 41.6 Å². The summed E-state index contributed by atoms with van der Waals surface area (Å²) in [7, 11) is 6.84. The molecule has 6 atom stereocenters. The molecule has 14 heteroatoms. The van der Waals surface area contributed by atoms with Crippen molar-refractivity contribution in [1.29, 1.82) is 0 Å². The van der Waals surface area contributed by atoms with Gasteiger partial charge < -0.3 is 41.3 Å². The van der Waals surface area contributed by atoms with E-state index in [0.717, 1.165) is 11.1 Å². The van der Waals surface area contributed by atoms with Gasteiger partial charge in [0.2, 0.25) is 23.6 Å². The molecule has 14 nitrogen and oxygen atoms in total. The first-order chi connectivity index (χ1) is 32.0. The standard InChI is InChI=1S/2C28H45N3O4/c2*1-18(2)21(16-19(3)26(34)35)31(10)25(33)23(27(4,5)6)30-24(32)22(29-9)28(7,8)17-20-14-12-11-13-15-20/h2*11-16,18,21-23,29H,17H2,1-10H3,(H,30,32)(H,34,35)/b2*19-16+/t21-,22+,23-;21-,22-,23-/m11/s1. The summed E-state index contributed by atoms with van der Waals surface area (Å²) in [6.45, 7) is 30.4. The molecule has 2 rings (SSSR count). The van der Waals surface area contributed by atoms with E-state index in [-0.39, 0.29) is 46.6 Å². The third-order valence-electron chi connectivity index (χ3n) is 12.9. The van der Waals surface area contributed by atoms with Crippen molar-refractivity contribution in [2.45, 2.75) is 160 Å². The summed E-state index contributed by atoms with van der Waals surface area (Å²) >= 11 is 0. The van der Waals surface area contributed by atoms with Crippen LogP contribution in [0.4, 0.5) is 0 Å². The minimum Gasteiger partial charge on any atom is -0.478 e. The van der Waals surface area contributed by atoms with Gasteiger partial charge >= 0.3 is 11.9 Å². The number of rotatable bonds is 22. The predicted octanol–water partition coefficient (Wildman–Crippen LogP) is 7.78. The van der Waals surface area contributed by atoms with Crippen molar-refractivity contribution in [3.05, 3.63) is 95.1 Å². The van der Waals surface area contributed by atoms with E-state index < -0.39 is 69.8 Å². The fraction of sp³-hybridized carbons (Fsp3) is 0.607. The maximum Gasteiger partial charge on any atom is 0.331 e. The van der Waals surface area contributed by atoms with Crippen LogP contribution in [0, 0.1) is 33.5 Å². The number of likely N-dealkylation sites (N-methyl/N-ethyl adjacent to an activating group) is 4. The summed E-state index contributed by atoms with van der Waals surface area (Å²) in [5.74, 6) is -3.05. The first kappa shape index (κ1) is 62.7. The van der Waals surface area contributed by atoms with Gasteiger partial charge in [-0.05, 0) is 85.4 Å². The molecular weight excluding hydrogens is 885 g/mol. The molecule has 4 amide bonds. The smallest absolute Gasteiger partial charge is 0.331 e. The molecule has 0 fully saturated rings. The van der Waals surface area contributed by atoms with Crippen LogP contribution in [0.3, 0.4) is 0 Å². The van der Waals surface area contributed by atoms with Crippen LogP contribution >= 0.6 is 0 Å². The number of benzene rings is 2. The summed E-state index contributed by atoms with van der Waals surface area (Å²) in [4.78, 5) is 80.3. The number of nitrogens with one attached hydrogen (secondary N) is 4. The van der Waals surface area contributed by atoms with E-state index in [2.05, 4.69) is 21.3 Å². The van der Waals surface area contributed by atoms with Gasteiger partial charge in [-0.25, -0.2) is 9.59 Å². The van der Waals surface area contributed by atoms with Crippen molar-refractivity contribution in [3.63, 3.8) is 0 Å². The Labute approximate surface area is 420 Å². The van der Waals surface area contributed by atoms with Gasteiger partial charge in [-0.3, -0.25) is 19.2 Å². The van der Waals surface area contributed by atoms with Gasteiger partial charge in [0.15, 0.2) is 0 Å². The van der Waals surface area contributed by atoms with E-state index in [1.54, 1.807) is 50.1 Å². The third-order valence-corrected chi connectivity index (χ3v) is 12.9. The molecule has 70 heavy (non-hydrogen) atoms. The zero-order valence-electron chi connectivity index (χ0n) is 46.2. The number of hydrogen-bond donors (Lipinski definition) is 6. The number of carboxylic acid groups (broad SMARTS) is 2. The number of nitrogens with zero attached hydrogens (tertiary/aromatic N) is 2. The molecule has 0 aliphatic rings. The van der Waals surface area contributed by atoms with Crippen molar-refractivity contribution in [3.8, 4) is 0 Å². The normalized spacial score (nSPS) is 15.3. The fourth-order valence-corrected chi connectivity index (χ4v) is 8.81. The zero-order valence-corrected chi connectivity index (χ0v) is 46.2. The minimum atomic E-state index is -1.02. The van der Waals surface area contributed by atoms with Gasteiger partial charge in [0.05, 0.1) is 24.2 Å². The van der Waals surface area contributed by atoms with E-state index in [1.807, 2.05) is 158 Å². The Morgan fingerprint density at radius 2 is 0.786 bits per heavy atom. The van der Waals surface area contributed by atoms with E-state index in [4.69, 9.17) is 0 Å². The fourth-order valence-electron chi connectivity index (χ4n) is 8.81. The van der Waals surface area contributed by atoms with Crippen LogP contribution in [-0.4, -0.2) is 120 Å². The number of carbonyl (C=O) groups excluding carboxylic acids is 4. The zero-order chi connectivity index (χ0) is 54.3. The summed E-state index contributed by atoms with van der Waals surface area (Å²) in [6.07, 6.45) is 4.59. The second-order valence-corrected chi connectivity index (χ2v) is 23.0. The minimum absolute atomic E-state index is 0.00978. The lowest BCUT2D eigenvalue weighted by atomic mass is 9.77. The van der Waals surface area contributed by atoms with Crippen molar-refractivity contribution >= 4 is 35.6 Å². The van der Waals surface area contributed by atoms with Crippen molar-refractivity contribution in [2.75, 3.05) is 28.2 Å². The molecule has 0 heterocycles. The SMILES string of the molecule is CN[C@@H](C(=O)N[C@H](C(=O)N(C)[C@H](/C=C(\C)C(=O)O)C(C)C)C(C)(C)C)C(C)(C)Cc1ccccc1.CN[C@H](C(=O)N[C@H](C(=O)N(C)[C@H](/C=C(\C)C(=O)O)C(C)C)C(C)(C)C)C(C)(C)Cc1ccccc1. The molecule has 0 aliphatic heterocycles. The van der Waals surface area contributed by atoms with E-state index in [1.165, 1.54) is 13.8 Å². The van der Waals surface area contributed by atoms with Crippen molar-refractivity contribution in [1.82, 2.24) is 31.1 Å². The first-order valence-corrected chi connectivity index (χ1v) is 24.4. The number of carboxylic acids is 2. The highest BCUT2D eigenvalue weighted by molar-refractivity contribution is 5.92. The monoisotopic (exact) mass is 975 g/mol. The Kier molecular flexibility index (Phi) is 24.0. The van der Waals surface area contributed by atoms with Gasteiger partial charge in [-0.1, -0.05) is 170 Å². The third kappa shape index (κ3) is 18.8. The maximum atomic E-state index is 13.7. The van der Waals surface area contributed by atoms with Crippen LogP contribution in [0.1, 0.15) is 122 Å². The lowest BCUT2D eigenvalue weighted by Gasteiger charge is -2.39. The Morgan fingerprint density at radius 3 is 1.00 bits per heavy atom. The van der Waals surface area contributed by atoms with E-state index in [9.17, 15) is 39.0 Å². The van der Waals surface area contributed by atoms with Crippen LogP contribution in [0.2, 0.25) is 0 Å². The van der Waals surface area contributed by atoms with Crippen LogP contribution < -0.4 is 21.3 Å². The second-order valence-electron chi connectivity index (χ2n) is 23.0. The van der Waals surface area contributed by atoms with Crippen LogP contribution in [0.5, 0.6) is 0 Å². The molecule has 6 N–H and O–H groups in total. The Hall–Kier alpha value is -5.34. The summed E-state index contributed by atoms with van der Waals surface area (Å²) in [6, 6.07) is 16.6. The van der Waals surface area contributed by atoms with Crippen LogP contribution in [0.25, 0.3) is 0 Å². The molecule has 0 saturated heterocycles. The van der Waals surface area contributed by atoms with Gasteiger partial charge in [-0.2, -0.15) is 0 Å². The van der Waals surface area contributed by atoms with E-state index >= 15 is 0 Å². The quantitative estimate of drug-likeness (QED) is 0.0634. The summed E-state index contributed by atoms with van der Waals surface area (Å²) in [5, 5.41) is 31.0. The molecule has 0 spiro atoms. The Bertz CT molecular complexity index is 1950. The molecule has 2 aromatic carbocycles. The molecule has 392 valence electrons. The summed E-state index contributed by atoms with van der Waals surface area (Å²) < 4.78 is 0. The second kappa shape index (κ2) is 26.8. The first-order valence-electron chi connectivity index (χ1n) is 24.4. The lowest BCUT2D eigenvalue weighted by molar-refractivity contribution is -0.141. The van der Waals surface area contributed by atoms with Gasteiger partial charge in [-0.15, -0.1) is 0 Å². The Balaban J connectivity index is 0.000000700. The van der Waals surface area contributed by atoms with Gasteiger partial charge in [0.25, 0.3) is 0 Å². The number of aliphatic carboxylic acids is 2. The largest absolute Gasteiger partial charge is 0.478 e. The lowest BCUT2D eigenvalue weighted by Crippen LogP contribution is -2.61.